The number of hydrogen-bond donors (Lipinski definition) is 0. The minimum atomic E-state index is 0.404. The van der Waals surface area contributed by atoms with E-state index in [1.165, 1.54) is 0 Å². The molecule has 0 N–H and O–H groups in total. The first-order valence-corrected chi connectivity index (χ1v) is 5.41. The zero-order chi connectivity index (χ0) is 11.5. The lowest BCUT2D eigenvalue weighted by Gasteiger charge is -1.96. The van der Waals surface area contributed by atoms with Crippen LogP contribution in [0.3, 0.4) is 0 Å². The van der Waals surface area contributed by atoms with Crippen molar-refractivity contribution in [2.45, 2.75) is 13.3 Å². The van der Waals surface area contributed by atoms with Crippen molar-refractivity contribution in [3.05, 3.63) is 41.7 Å². The third-order valence-electron chi connectivity index (χ3n) is 2.40. The van der Waals surface area contributed by atoms with E-state index in [4.69, 9.17) is 21.3 Å². The molecule has 16 heavy (non-hydrogen) atoms. The quantitative estimate of drug-likeness (QED) is 0.722. The van der Waals surface area contributed by atoms with Gasteiger partial charge in [-0.2, -0.15) is 5.26 Å². The highest BCUT2D eigenvalue weighted by Gasteiger charge is 2.10. The van der Waals surface area contributed by atoms with Crippen molar-refractivity contribution in [3.63, 3.8) is 0 Å². The number of furan rings is 1. The zero-order valence-corrected chi connectivity index (χ0v) is 9.58. The number of rotatable bonds is 2. The maximum atomic E-state index is 8.90. The first-order valence-electron chi connectivity index (χ1n) is 5.04. The van der Waals surface area contributed by atoms with E-state index in [1.54, 1.807) is 0 Å². The summed E-state index contributed by atoms with van der Waals surface area (Å²) in [5.41, 5.74) is 1.32. The van der Waals surface area contributed by atoms with Gasteiger partial charge in [-0.25, -0.2) is 0 Å². The SMILES string of the molecule is CCC(C#N)=C(Cl)c1cc2ccccc2o1. The molecule has 3 heteroatoms. The van der Waals surface area contributed by atoms with E-state index in [0.717, 1.165) is 11.0 Å². The summed E-state index contributed by atoms with van der Waals surface area (Å²) in [4.78, 5) is 0. The largest absolute Gasteiger partial charge is 0.455 e. The fourth-order valence-electron chi connectivity index (χ4n) is 1.52. The van der Waals surface area contributed by atoms with Gasteiger partial charge in [0.05, 0.1) is 16.7 Å². The van der Waals surface area contributed by atoms with Gasteiger partial charge in [-0.15, -0.1) is 0 Å². The highest BCUT2D eigenvalue weighted by Crippen LogP contribution is 2.29. The van der Waals surface area contributed by atoms with Crippen molar-refractivity contribution < 1.29 is 4.42 Å². The van der Waals surface area contributed by atoms with Crippen molar-refractivity contribution >= 4 is 27.6 Å². The first kappa shape index (κ1) is 10.8. The van der Waals surface area contributed by atoms with Gasteiger partial charge in [-0.05, 0) is 18.6 Å². The lowest BCUT2D eigenvalue weighted by atomic mass is 10.2. The molecule has 0 aliphatic heterocycles. The van der Waals surface area contributed by atoms with E-state index in [9.17, 15) is 0 Å². The lowest BCUT2D eigenvalue weighted by molar-refractivity contribution is 0.602. The Balaban J connectivity index is 2.57. The van der Waals surface area contributed by atoms with Crippen molar-refractivity contribution in [2.24, 2.45) is 0 Å². The van der Waals surface area contributed by atoms with Crippen molar-refractivity contribution in [1.82, 2.24) is 0 Å². The van der Waals surface area contributed by atoms with Crippen LogP contribution in [0.5, 0.6) is 0 Å². The van der Waals surface area contributed by atoms with Crippen LogP contribution in [0, 0.1) is 11.3 Å². The van der Waals surface area contributed by atoms with E-state index in [1.807, 2.05) is 37.3 Å². The summed E-state index contributed by atoms with van der Waals surface area (Å²) >= 11 is 6.11. The van der Waals surface area contributed by atoms with E-state index in [0.29, 0.717) is 22.8 Å². The van der Waals surface area contributed by atoms with Crippen LogP contribution >= 0.6 is 11.6 Å². The van der Waals surface area contributed by atoms with E-state index in [-0.39, 0.29) is 0 Å². The van der Waals surface area contributed by atoms with Gasteiger partial charge in [0.25, 0.3) is 0 Å². The van der Waals surface area contributed by atoms with Gasteiger partial charge in [0.2, 0.25) is 0 Å². The summed E-state index contributed by atoms with van der Waals surface area (Å²) < 4.78 is 5.57. The average Bonchev–Trinajstić information content (AvgIpc) is 2.74. The van der Waals surface area contributed by atoms with Crippen LogP contribution in [0.1, 0.15) is 19.1 Å². The van der Waals surface area contributed by atoms with Crippen LogP contribution in [0.2, 0.25) is 0 Å². The molecule has 1 aromatic carbocycles. The Morgan fingerprint density at radius 1 is 1.44 bits per heavy atom. The monoisotopic (exact) mass is 231 g/mol. The standard InChI is InChI=1S/C13H10ClNO/c1-2-9(8-15)13(14)12-7-10-5-3-4-6-11(10)16-12/h3-7H,2H2,1H3. The summed E-state index contributed by atoms with van der Waals surface area (Å²) in [7, 11) is 0. The molecule has 0 saturated carbocycles. The van der Waals surface area contributed by atoms with Crippen molar-refractivity contribution in [3.8, 4) is 6.07 Å². The molecule has 2 nitrogen and oxygen atoms in total. The Labute approximate surface area is 98.7 Å². The molecule has 0 aliphatic carbocycles. The molecule has 0 fully saturated rings. The third kappa shape index (κ3) is 1.82. The fraction of sp³-hybridized carbons (Fsp3) is 0.154. The normalized spacial score (nSPS) is 12.3. The van der Waals surface area contributed by atoms with Gasteiger partial charge in [-0.3, -0.25) is 0 Å². The Bertz CT molecular complexity index is 556. The van der Waals surface area contributed by atoms with Crippen LogP contribution in [0.25, 0.3) is 16.0 Å². The van der Waals surface area contributed by atoms with Crippen molar-refractivity contribution in [2.75, 3.05) is 0 Å². The molecule has 0 spiro atoms. The third-order valence-corrected chi connectivity index (χ3v) is 2.81. The number of benzene rings is 1. The van der Waals surface area contributed by atoms with Crippen LogP contribution in [-0.4, -0.2) is 0 Å². The Kier molecular flexibility index (Phi) is 2.98. The summed E-state index contributed by atoms with van der Waals surface area (Å²) in [5.74, 6) is 0.557. The van der Waals surface area contributed by atoms with E-state index in [2.05, 4.69) is 6.07 Å². The maximum Gasteiger partial charge on any atom is 0.147 e. The van der Waals surface area contributed by atoms with Crippen LogP contribution in [0.15, 0.2) is 40.3 Å². The molecule has 80 valence electrons. The van der Waals surface area contributed by atoms with Gasteiger partial charge in [0, 0.05) is 5.39 Å². The summed E-state index contributed by atoms with van der Waals surface area (Å²) in [5, 5.41) is 10.3. The number of halogens is 1. The maximum absolute atomic E-state index is 8.90. The molecule has 1 aromatic heterocycles. The molecule has 2 aromatic rings. The number of nitrogens with zero attached hydrogens (tertiary/aromatic N) is 1. The molecule has 0 amide bonds. The Morgan fingerprint density at radius 2 is 2.19 bits per heavy atom. The highest BCUT2D eigenvalue weighted by atomic mass is 35.5. The number of nitriles is 1. The lowest BCUT2D eigenvalue weighted by Crippen LogP contribution is -1.80. The number of allylic oxidation sites excluding steroid dienone is 1. The molecule has 1 heterocycles. The molecule has 0 saturated heterocycles. The number of para-hydroxylation sites is 1. The molecule has 0 radical (unpaired) electrons. The van der Waals surface area contributed by atoms with Crippen LogP contribution in [-0.2, 0) is 0 Å². The minimum absolute atomic E-state index is 0.404. The molecule has 0 unspecified atom stereocenters. The van der Waals surface area contributed by atoms with Crippen LogP contribution < -0.4 is 0 Å². The van der Waals surface area contributed by atoms with Gasteiger partial charge in [0.1, 0.15) is 11.3 Å². The van der Waals surface area contributed by atoms with Crippen LogP contribution in [0.4, 0.5) is 0 Å². The zero-order valence-electron chi connectivity index (χ0n) is 8.83. The molecular formula is C13H10ClNO. The molecule has 2 rings (SSSR count). The minimum Gasteiger partial charge on any atom is -0.455 e. The van der Waals surface area contributed by atoms with Gasteiger partial charge in [-0.1, -0.05) is 36.7 Å². The predicted molar refractivity (Wildman–Crippen MR) is 64.9 cm³/mol. The second kappa shape index (κ2) is 4.42. The number of hydrogen-bond acceptors (Lipinski definition) is 2. The smallest absolute Gasteiger partial charge is 0.147 e. The Morgan fingerprint density at radius 3 is 2.81 bits per heavy atom. The summed E-state index contributed by atoms with van der Waals surface area (Å²) in [6.07, 6.45) is 0.604. The van der Waals surface area contributed by atoms with E-state index >= 15 is 0 Å². The molecular weight excluding hydrogens is 222 g/mol. The predicted octanol–water partition coefficient (Wildman–Crippen LogP) is 4.32. The highest BCUT2D eigenvalue weighted by molar-refractivity contribution is 6.49. The molecule has 0 atom stereocenters. The van der Waals surface area contributed by atoms with Gasteiger partial charge < -0.3 is 4.42 Å². The second-order valence-electron chi connectivity index (χ2n) is 3.41. The molecule has 0 aliphatic rings. The van der Waals surface area contributed by atoms with Crippen molar-refractivity contribution in [1.29, 1.82) is 5.26 Å². The van der Waals surface area contributed by atoms with Gasteiger partial charge in [0.15, 0.2) is 0 Å². The first-order chi connectivity index (χ1) is 7.76. The van der Waals surface area contributed by atoms with E-state index < -0.39 is 0 Å². The van der Waals surface area contributed by atoms with Gasteiger partial charge >= 0.3 is 0 Å². The summed E-state index contributed by atoms with van der Waals surface area (Å²) in [6.45, 7) is 1.89. The molecule has 0 bridgehead atoms. The average molecular weight is 232 g/mol. The topological polar surface area (TPSA) is 36.9 Å². The fourth-order valence-corrected chi connectivity index (χ4v) is 1.79. The summed E-state index contributed by atoms with van der Waals surface area (Å²) in [6, 6.07) is 11.6. The second-order valence-corrected chi connectivity index (χ2v) is 3.78. The number of fused-ring (bicyclic) bond motifs is 1. The Hall–Kier alpha value is -1.72.